The number of para-hydroxylation sites is 1. The molecule has 0 amide bonds. The summed E-state index contributed by atoms with van der Waals surface area (Å²) in [7, 11) is -3.17. The SMILES string of the molecule is CS(=O)(=O)Cc1cc(=O)oc2ccccc12. The van der Waals surface area contributed by atoms with Gasteiger partial charge in [-0.15, -0.1) is 0 Å². The predicted octanol–water partition coefficient (Wildman–Crippen LogP) is 1.34. The van der Waals surface area contributed by atoms with Crippen LogP contribution in [0.2, 0.25) is 0 Å². The van der Waals surface area contributed by atoms with E-state index >= 15 is 0 Å². The standard InChI is InChI=1S/C11H10O4S/c1-16(13,14)7-8-6-11(12)15-10-5-3-2-4-9(8)10/h2-6H,7H2,1H3. The second-order valence-corrected chi connectivity index (χ2v) is 5.80. The van der Waals surface area contributed by atoms with E-state index in [4.69, 9.17) is 4.42 Å². The third-order valence-electron chi connectivity index (χ3n) is 2.15. The summed E-state index contributed by atoms with van der Waals surface area (Å²) >= 11 is 0. The van der Waals surface area contributed by atoms with Gasteiger partial charge in [0, 0.05) is 17.7 Å². The molecule has 0 aliphatic heterocycles. The molecule has 0 atom stereocenters. The van der Waals surface area contributed by atoms with Gasteiger partial charge in [0.25, 0.3) is 0 Å². The Hall–Kier alpha value is -1.62. The molecule has 84 valence electrons. The van der Waals surface area contributed by atoms with E-state index in [1.165, 1.54) is 6.07 Å². The number of benzene rings is 1. The summed E-state index contributed by atoms with van der Waals surface area (Å²) in [6, 6.07) is 8.11. The van der Waals surface area contributed by atoms with Crippen LogP contribution in [0.25, 0.3) is 11.0 Å². The first-order chi connectivity index (χ1) is 7.46. The number of hydrogen-bond donors (Lipinski definition) is 0. The molecular weight excluding hydrogens is 228 g/mol. The third kappa shape index (κ3) is 2.30. The number of hydrogen-bond acceptors (Lipinski definition) is 4. The number of fused-ring (bicyclic) bond motifs is 1. The lowest BCUT2D eigenvalue weighted by Gasteiger charge is -2.03. The number of rotatable bonds is 2. The Kier molecular flexibility index (Phi) is 2.55. The highest BCUT2D eigenvalue weighted by molar-refractivity contribution is 7.89. The summed E-state index contributed by atoms with van der Waals surface area (Å²) in [5.74, 6) is -0.154. The van der Waals surface area contributed by atoms with Crippen molar-refractivity contribution < 1.29 is 12.8 Å². The van der Waals surface area contributed by atoms with Crippen molar-refractivity contribution in [3.05, 3.63) is 46.3 Å². The van der Waals surface area contributed by atoms with Crippen molar-refractivity contribution in [3.8, 4) is 0 Å². The fraction of sp³-hybridized carbons (Fsp3) is 0.182. The fourth-order valence-electron chi connectivity index (χ4n) is 1.58. The van der Waals surface area contributed by atoms with Gasteiger partial charge in [-0.05, 0) is 11.6 Å². The zero-order chi connectivity index (χ0) is 11.8. The summed E-state index contributed by atoms with van der Waals surface area (Å²) in [6.45, 7) is 0. The molecule has 0 fully saturated rings. The summed E-state index contributed by atoms with van der Waals surface area (Å²) in [6.07, 6.45) is 1.14. The van der Waals surface area contributed by atoms with Crippen LogP contribution < -0.4 is 5.63 Å². The lowest BCUT2D eigenvalue weighted by molar-refractivity contribution is 0.559. The van der Waals surface area contributed by atoms with Crippen molar-refractivity contribution in [2.75, 3.05) is 6.26 Å². The summed E-state index contributed by atoms with van der Waals surface area (Å²) in [4.78, 5) is 11.2. The van der Waals surface area contributed by atoms with Gasteiger partial charge in [-0.2, -0.15) is 0 Å². The van der Waals surface area contributed by atoms with Crippen molar-refractivity contribution in [3.63, 3.8) is 0 Å². The largest absolute Gasteiger partial charge is 0.423 e. The summed E-state index contributed by atoms with van der Waals surface area (Å²) in [5.41, 5.74) is 0.361. The maximum atomic E-state index is 11.2. The third-order valence-corrected chi connectivity index (χ3v) is 2.99. The maximum absolute atomic E-state index is 11.2. The first kappa shape index (κ1) is 10.9. The van der Waals surface area contributed by atoms with Crippen LogP contribution >= 0.6 is 0 Å². The van der Waals surface area contributed by atoms with Gasteiger partial charge in [-0.25, -0.2) is 13.2 Å². The Morgan fingerprint density at radius 1 is 1.25 bits per heavy atom. The van der Waals surface area contributed by atoms with Gasteiger partial charge in [-0.3, -0.25) is 0 Å². The molecule has 0 saturated heterocycles. The van der Waals surface area contributed by atoms with Crippen LogP contribution in [0, 0.1) is 0 Å². The highest BCUT2D eigenvalue weighted by Crippen LogP contribution is 2.18. The molecule has 16 heavy (non-hydrogen) atoms. The highest BCUT2D eigenvalue weighted by Gasteiger charge is 2.10. The molecule has 0 bridgehead atoms. The van der Waals surface area contributed by atoms with Crippen molar-refractivity contribution >= 4 is 20.8 Å². The Balaban J connectivity index is 2.73. The topological polar surface area (TPSA) is 64.3 Å². The maximum Gasteiger partial charge on any atom is 0.336 e. The lowest BCUT2D eigenvalue weighted by atomic mass is 10.1. The minimum absolute atomic E-state index is 0.154. The van der Waals surface area contributed by atoms with Crippen LogP contribution in [-0.2, 0) is 15.6 Å². The molecule has 0 radical (unpaired) electrons. The second kappa shape index (κ2) is 3.75. The first-order valence-electron chi connectivity index (χ1n) is 4.65. The Morgan fingerprint density at radius 2 is 1.94 bits per heavy atom. The van der Waals surface area contributed by atoms with E-state index in [1.54, 1.807) is 24.3 Å². The Bertz CT molecular complexity index is 682. The molecule has 4 nitrogen and oxygen atoms in total. The van der Waals surface area contributed by atoms with E-state index in [9.17, 15) is 13.2 Å². The molecule has 0 unspecified atom stereocenters. The lowest BCUT2D eigenvalue weighted by Crippen LogP contribution is -2.06. The van der Waals surface area contributed by atoms with Crippen LogP contribution in [0.5, 0.6) is 0 Å². The summed E-state index contributed by atoms with van der Waals surface area (Å²) in [5, 5.41) is 0.660. The van der Waals surface area contributed by atoms with Gasteiger partial charge in [0.05, 0.1) is 5.75 Å². The fourth-order valence-corrected chi connectivity index (χ4v) is 2.38. The average molecular weight is 238 g/mol. The van der Waals surface area contributed by atoms with Crippen LogP contribution in [0.15, 0.2) is 39.5 Å². The normalized spacial score (nSPS) is 11.8. The van der Waals surface area contributed by atoms with Gasteiger partial charge in [0.15, 0.2) is 9.84 Å². The number of sulfone groups is 1. The average Bonchev–Trinajstić information content (AvgIpc) is 2.14. The van der Waals surface area contributed by atoms with Gasteiger partial charge >= 0.3 is 5.63 Å². The van der Waals surface area contributed by atoms with Crippen molar-refractivity contribution in [2.45, 2.75) is 5.75 Å². The summed E-state index contributed by atoms with van der Waals surface area (Å²) < 4.78 is 27.4. The highest BCUT2D eigenvalue weighted by atomic mass is 32.2. The molecule has 2 rings (SSSR count). The van der Waals surface area contributed by atoms with E-state index in [1.807, 2.05) is 0 Å². The molecule has 0 aliphatic carbocycles. The van der Waals surface area contributed by atoms with Crippen molar-refractivity contribution in [2.24, 2.45) is 0 Å². The molecule has 5 heteroatoms. The predicted molar refractivity (Wildman–Crippen MR) is 61.0 cm³/mol. The molecule has 1 aromatic heterocycles. The van der Waals surface area contributed by atoms with E-state index in [0.29, 0.717) is 16.5 Å². The van der Waals surface area contributed by atoms with E-state index in [0.717, 1.165) is 6.26 Å². The smallest absolute Gasteiger partial charge is 0.336 e. The molecular formula is C11H10O4S. The monoisotopic (exact) mass is 238 g/mol. The van der Waals surface area contributed by atoms with Gasteiger partial charge in [0.2, 0.25) is 0 Å². The molecule has 0 spiro atoms. The Morgan fingerprint density at radius 3 is 2.62 bits per heavy atom. The van der Waals surface area contributed by atoms with Crippen molar-refractivity contribution in [1.29, 1.82) is 0 Å². The van der Waals surface area contributed by atoms with E-state index in [2.05, 4.69) is 0 Å². The zero-order valence-electron chi connectivity index (χ0n) is 8.64. The molecule has 0 aliphatic rings. The quantitative estimate of drug-likeness (QED) is 0.740. The minimum atomic E-state index is -3.17. The van der Waals surface area contributed by atoms with Gasteiger partial charge in [-0.1, -0.05) is 18.2 Å². The van der Waals surface area contributed by atoms with Gasteiger partial charge < -0.3 is 4.42 Å². The van der Waals surface area contributed by atoms with Crippen molar-refractivity contribution in [1.82, 2.24) is 0 Å². The van der Waals surface area contributed by atoms with Crippen LogP contribution in [0.1, 0.15) is 5.56 Å². The van der Waals surface area contributed by atoms with E-state index < -0.39 is 15.5 Å². The van der Waals surface area contributed by atoms with Gasteiger partial charge in [0.1, 0.15) is 5.58 Å². The molecule has 1 aromatic carbocycles. The zero-order valence-corrected chi connectivity index (χ0v) is 9.45. The van der Waals surface area contributed by atoms with Crippen LogP contribution in [-0.4, -0.2) is 14.7 Å². The van der Waals surface area contributed by atoms with E-state index in [-0.39, 0.29) is 5.75 Å². The molecule has 2 aromatic rings. The molecule has 1 heterocycles. The molecule has 0 N–H and O–H groups in total. The van der Waals surface area contributed by atoms with Crippen LogP contribution in [0.3, 0.4) is 0 Å². The first-order valence-corrected chi connectivity index (χ1v) is 6.71. The second-order valence-electron chi connectivity index (χ2n) is 3.66. The van der Waals surface area contributed by atoms with Crippen LogP contribution in [0.4, 0.5) is 0 Å². The minimum Gasteiger partial charge on any atom is -0.423 e. The Labute approximate surface area is 92.4 Å². The molecule has 0 saturated carbocycles.